The Balaban J connectivity index is 3.32. The maximum atomic E-state index is 10.8. The molecule has 0 saturated carbocycles. The summed E-state index contributed by atoms with van der Waals surface area (Å²) < 4.78 is 26.9. The average Bonchev–Trinajstić information content (AvgIpc) is 2.50. The molecule has 0 aromatic carbocycles. The van der Waals surface area contributed by atoms with E-state index < -0.39 is 14.3 Å². The minimum atomic E-state index is -1.68. The van der Waals surface area contributed by atoms with Crippen LogP contribution in [-0.4, -0.2) is 67.1 Å². The molecule has 0 aliphatic rings. The van der Waals surface area contributed by atoms with Gasteiger partial charge in [0.1, 0.15) is 6.61 Å². The van der Waals surface area contributed by atoms with Crippen LogP contribution < -0.4 is 0 Å². The van der Waals surface area contributed by atoms with Crippen molar-refractivity contribution in [2.75, 3.05) is 52.9 Å². The van der Waals surface area contributed by atoms with Crippen molar-refractivity contribution in [1.82, 2.24) is 0 Å². The second kappa shape index (κ2) is 12.6. The van der Waals surface area contributed by atoms with Crippen LogP contribution in [0.4, 0.5) is 0 Å². The van der Waals surface area contributed by atoms with Crippen LogP contribution in [0.2, 0.25) is 18.1 Å². The molecule has 0 aromatic rings. The normalized spacial score (nSPS) is 12.2. The predicted octanol–water partition coefficient (Wildman–Crippen LogP) is 2.79. The van der Waals surface area contributed by atoms with Gasteiger partial charge in [0.2, 0.25) is 0 Å². The van der Waals surface area contributed by atoms with E-state index in [0.717, 1.165) is 6.08 Å². The first kappa shape index (κ1) is 23.3. The second-order valence-corrected chi connectivity index (χ2v) is 11.6. The van der Waals surface area contributed by atoms with Crippen LogP contribution >= 0.6 is 0 Å². The number of ether oxygens (including phenoxy) is 4. The fourth-order valence-corrected chi connectivity index (χ4v) is 2.40. The van der Waals surface area contributed by atoms with Crippen LogP contribution in [-0.2, 0) is 28.2 Å². The predicted molar refractivity (Wildman–Crippen MR) is 96.8 cm³/mol. The maximum absolute atomic E-state index is 10.8. The van der Waals surface area contributed by atoms with Crippen molar-refractivity contribution in [2.45, 2.75) is 38.9 Å². The molecule has 142 valence electrons. The Morgan fingerprint density at radius 2 is 1.29 bits per heavy atom. The van der Waals surface area contributed by atoms with E-state index in [4.69, 9.17) is 23.4 Å². The molecular weight excluding hydrogens is 328 g/mol. The topological polar surface area (TPSA) is 63.2 Å². The fraction of sp³-hybridized carbons (Fsp3) is 0.824. The smallest absolute Gasteiger partial charge is 0.330 e. The van der Waals surface area contributed by atoms with E-state index in [1.807, 2.05) is 0 Å². The third-order valence-electron chi connectivity index (χ3n) is 3.88. The van der Waals surface area contributed by atoms with Gasteiger partial charge in [-0.15, -0.1) is 0 Å². The molecule has 0 N–H and O–H groups in total. The fourth-order valence-electron chi connectivity index (χ4n) is 1.37. The van der Waals surface area contributed by atoms with Crippen molar-refractivity contribution >= 4 is 14.3 Å². The molecule has 24 heavy (non-hydrogen) atoms. The van der Waals surface area contributed by atoms with Gasteiger partial charge in [0.25, 0.3) is 0 Å². The summed E-state index contributed by atoms with van der Waals surface area (Å²) in [5.41, 5.74) is 0. The molecule has 0 saturated heterocycles. The molecule has 7 heteroatoms. The van der Waals surface area contributed by atoms with Crippen LogP contribution in [0, 0.1) is 0 Å². The highest BCUT2D eigenvalue weighted by molar-refractivity contribution is 6.74. The van der Waals surface area contributed by atoms with Crippen LogP contribution in [0.3, 0.4) is 0 Å². The molecular formula is C17H34O6Si. The molecule has 0 rings (SSSR count). The standard InChI is InChI=1S/C17H34O6Si/c1-7-16(18)22-14-12-20-10-8-19-9-11-21-13-15-23-24(5,6)17(2,3)4/h7H,1,8-15H2,2-6H3. The molecule has 0 spiro atoms. The summed E-state index contributed by atoms with van der Waals surface area (Å²) in [4.78, 5) is 10.8. The van der Waals surface area contributed by atoms with Gasteiger partial charge in [0, 0.05) is 6.08 Å². The number of hydrogen-bond donors (Lipinski definition) is 0. The summed E-state index contributed by atoms with van der Waals surface area (Å²) >= 11 is 0. The van der Waals surface area contributed by atoms with Gasteiger partial charge >= 0.3 is 5.97 Å². The molecule has 0 bridgehead atoms. The number of carbonyl (C=O) groups excluding carboxylic acids is 1. The van der Waals surface area contributed by atoms with Gasteiger partial charge in [-0.2, -0.15) is 0 Å². The minimum Gasteiger partial charge on any atom is -0.460 e. The van der Waals surface area contributed by atoms with E-state index >= 15 is 0 Å². The van der Waals surface area contributed by atoms with Crippen molar-refractivity contribution in [3.63, 3.8) is 0 Å². The molecule has 0 radical (unpaired) electrons. The lowest BCUT2D eigenvalue weighted by Gasteiger charge is -2.36. The Morgan fingerprint density at radius 3 is 1.71 bits per heavy atom. The summed E-state index contributed by atoms with van der Waals surface area (Å²) in [6.45, 7) is 18.2. The average molecular weight is 363 g/mol. The molecule has 0 aliphatic heterocycles. The zero-order chi connectivity index (χ0) is 18.5. The molecule has 0 amide bonds. The Labute approximate surface area is 147 Å². The first-order chi connectivity index (χ1) is 11.2. The van der Waals surface area contributed by atoms with Gasteiger partial charge in [0.15, 0.2) is 8.32 Å². The zero-order valence-electron chi connectivity index (χ0n) is 15.9. The van der Waals surface area contributed by atoms with Gasteiger partial charge in [-0.1, -0.05) is 27.4 Å². The van der Waals surface area contributed by atoms with E-state index in [-0.39, 0.29) is 11.6 Å². The molecule has 0 unspecified atom stereocenters. The van der Waals surface area contributed by atoms with Crippen LogP contribution in [0.1, 0.15) is 20.8 Å². The Kier molecular flexibility index (Phi) is 12.2. The van der Waals surface area contributed by atoms with Gasteiger partial charge in [-0.05, 0) is 18.1 Å². The summed E-state index contributed by atoms with van der Waals surface area (Å²) in [5, 5.41) is 0.222. The second-order valence-electron chi connectivity index (χ2n) is 6.82. The van der Waals surface area contributed by atoms with E-state index in [1.54, 1.807) is 0 Å². The highest BCUT2D eigenvalue weighted by Gasteiger charge is 2.36. The van der Waals surface area contributed by atoms with E-state index in [9.17, 15) is 4.79 Å². The van der Waals surface area contributed by atoms with Gasteiger partial charge < -0.3 is 23.4 Å². The molecule has 6 nitrogen and oxygen atoms in total. The minimum absolute atomic E-state index is 0.222. The molecule has 0 heterocycles. The lowest BCUT2D eigenvalue weighted by atomic mass is 10.2. The third-order valence-corrected chi connectivity index (χ3v) is 8.42. The Morgan fingerprint density at radius 1 is 0.875 bits per heavy atom. The van der Waals surface area contributed by atoms with Crippen LogP contribution in [0.25, 0.3) is 0 Å². The lowest BCUT2D eigenvalue weighted by molar-refractivity contribution is -0.139. The lowest BCUT2D eigenvalue weighted by Crippen LogP contribution is -2.41. The maximum Gasteiger partial charge on any atom is 0.330 e. The van der Waals surface area contributed by atoms with Crippen molar-refractivity contribution in [2.24, 2.45) is 0 Å². The van der Waals surface area contributed by atoms with Crippen LogP contribution in [0.15, 0.2) is 12.7 Å². The zero-order valence-corrected chi connectivity index (χ0v) is 16.9. The highest BCUT2D eigenvalue weighted by Crippen LogP contribution is 2.36. The first-order valence-electron chi connectivity index (χ1n) is 8.37. The van der Waals surface area contributed by atoms with Crippen molar-refractivity contribution < 1.29 is 28.2 Å². The van der Waals surface area contributed by atoms with E-state index in [0.29, 0.717) is 46.2 Å². The molecule has 0 atom stereocenters. The number of rotatable bonds is 14. The number of esters is 1. The molecule has 0 fully saturated rings. The highest BCUT2D eigenvalue weighted by atomic mass is 28.4. The molecule has 0 aliphatic carbocycles. The SMILES string of the molecule is C=CC(=O)OCCOCCOCCOCCO[Si](C)(C)C(C)(C)C. The summed E-state index contributed by atoms with van der Waals surface area (Å²) in [6.07, 6.45) is 1.13. The Bertz CT molecular complexity index is 351. The molecule has 0 aromatic heterocycles. The first-order valence-corrected chi connectivity index (χ1v) is 11.3. The summed E-state index contributed by atoms with van der Waals surface area (Å²) in [7, 11) is -1.68. The van der Waals surface area contributed by atoms with E-state index in [2.05, 4.69) is 40.4 Å². The monoisotopic (exact) mass is 362 g/mol. The van der Waals surface area contributed by atoms with Crippen molar-refractivity contribution in [3.05, 3.63) is 12.7 Å². The third kappa shape index (κ3) is 11.7. The van der Waals surface area contributed by atoms with Crippen molar-refractivity contribution in [3.8, 4) is 0 Å². The van der Waals surface area contributed by atoms with Gasteiger partial charge in [0.05, 0.1) is 46.2 Å². The van der Waals surface area contributed by atoms with Crippen LogP contribution in [0.5, 0.6) is 0 Å². The largest absolute Gasteiger partial charge is 0.460 e. The van der Waals surface area contributed by atoms with E-state index in [1.165, 1.54) is 0 Å². The number of carbonyl (C=O) groups is 1. The van der Waals surface area contributed by atoms with Gasteiger partial charge in [-0.25, -0.2) is 4.79 Å². The summed E-state index contributed by atoms with van der Waals surface area (Å²) in [6, 6.07) is 0. The van der Waals surface area contributed by atoms with Crippen molar-refractivity contribution in [1.29, 1.82) is 0 Å². The van der Waals surface area contributed by atoms with Gasteiger partial charge in [-0.3, -0.25) is 0 Å². The number of hydrogen-bond acceptors (Lipinski definition) is 6. The Hall–Kier alpha value is -0.733. The quantitative estimate of drug-likeness (QED) is 0.205. The summed E-state index contributed by atoms with van der Waals surface area (Å²) in [5.74, 6) is -0.440.